The molecule has 0 amide bonds. The summed E-state index contributed by atoms with van der Waals surface area (Å²) in [5.74, 6) is 0. The molecule has 2 N–H and O–H groups in total. The van der Waals surface area contributed by atoms with Crippen LogP contribution >= 0.6 is 0 Å². The average molecular weight is 159 g/mol. The molecule has 0 radical (unpaired) electrons. The Hall–Kier alpha value is -1.50. The van der Waals surface area contributed by atoms with E-state index >= 15 is 0 Å². The number of hydrogen-bond donors (Lipinski definition) is 1. The van der Waals surface area contributed by atoms with Gasteiger partial charge in [0.25, 0.3) is 0 Å². The van der Waals surface area contributed by atoms with Gasteiger partial charge in [-0.25, -0.2) is 0 Å². The number of allylic oxidation sites excluding steroid dienone is 3. The van der Waals surface area contributed by atoms with Crippen LogP contribution in [0.2, 0.25) is 0 Å². The Morgan fingerprint density at radius 3 is 2.75 bits per heavy atom. The zero-order valence-corrected chi connectivity index (χ0v) is 7.03. The summed E-state index contributed by atoms with van der Waals surface area (Å²) in [6.07, 6.45) is 6.60. The molecule has 0 aromatic heterocycles. The monoisotopic (exact) mass is 159 g/mol. The maximum atomic E-state index is 5.74. The molecule has 1 rings (SSSR count). The highest BCUT2D eigenvalue weighted by Crippen LogP contribution is 2.11. The van der Waals surface area contributed by atoms with E-state index in [9.17, 15) is 0 Å². The molecule has 0 spiro atoms. The highest BCUT2D eigenvalue weighted by atomic mass is 14.5. The smallest absolute Gasteiger partial charge is 0.0349 e. The van der Waals surface area contributed by atoms with Gasteiger partial charge in [-0.05, 0) is 18.1 Å². The predicted molar refractivity (Wildman–Crippen MR) is 53.9 cm³/mol. The van der Waals surface area contributed by atoms with Gasteiger partial charge in [-0.2, -0.15) is 0 Å². The predicted octanol–water partition coefficient (Wildman–Crippen LogP) is 2.55. The molecule has 0 aliphatic carbocycles. The third kappa shape index (κ3) is 2.27. The SMILES string of the molecule is C=CC=CCc1ccccc1N. The topological polar surface area (TPSA) is 26.0 Å². The molecule has 62 valence electrons. The maximum Gasteiger partial charge on any atom is 0.0349 e. The summed E-state index contributed by atoms with van der Waals surface area (Å²) < 4.78 is 0. The highest BCUT2D eigenvalue weighted by molar-refractivity contribution is 5.47. The molecule has 0 unspecified atom stereocenters. The fourth-order valence-electron chi connectivity index (χ4n) is 1.01. The van der Waals surface area contributed by atoms with Crippen LogP contribution < -0.4 is 5.73 Å². The molecule has 0 bridgehead atoms. The Labute approximate surface area is 73.2 Å². The number of anilines is 1. The lowest BCUT2D eigenvalue weighted by Crippen LogP contribution is -1.91. The lowest BCUT2D eigenvalue weighted by Gasteiger charge is -1.99. The quantitative estimate of drug-likeness (QED) is 0.532. The van der Waals surface area contributed by atoms with Crippen molar-refractivity contribution in [2.75, 3.05) is 5.73 Å². The van der Waals surface area contributed by atoms with E-state index in [1.165, 1.54) is 0 Å². The van der Waals surface area contributed by atoms with Crippen LogP contribution in [-0.2, 0) is 6.42 Å². The molecule has 0 fully saturated rings. The van der Waals surface area contributed by atoms with Gasteiger partial charge < -0.3 is 5.73 Å². The van der Waals surface area contributed by atoms with Crippen molar-refractivity contribution in [2.45, 2.75) is 6.42 Å². The molecule has 1 nitrogen and oxygen atoms in total. The van der Waals surface area contributed by atoms with Crippen LogP contribution in [0.5, 0.6) is 0 Å². The number of para-hydroxylation sites is 1. The fourth-order valence-corrected chi connectivity index (χ4v) is 1.01. The molecule has 0 saturated carbocycles. The van der Waals surface area contributed by atoms with Gasteiger partial charge in [-0.15, -0.1) is 0 Å². The third-order valence-electron chi connectivity index (χ3n) is 1.67. The number of nitrogens with two attached hydrogens (primary N) is 1. The van der Waals surface area contributed by atoms with E-state index in [1.54, 1.807) is 6.08 Å². The Morgan fingerprint density at radius 1 is 1.33 bits per heavy atom. The van der Waals surface area contributed by atoms with Gasteiger partial charge >= 0.3 is 0 Å². The van der Waals surface area contributed by atoms with Crippen molar-refractivity contribution in [3.63, 3.8) is 0 Å². The Morgan fingerprint density at radius 2 is 2.08 bits per heavy atom. The van der Waals surface area contributed by atoms with Crippen molar-refractivity contribution in [3.05, 3.63) is 54.6 Å². The third-order valence-corrected chi connectivity index (χ3v) is 1.67. The minimum atomic E-state index is 0.853. The molecule has 0 aliphatic rings. The van der Waals surface area contributed by atoms with Crippen molar-refractivity contribution in [3.8, 4) is 0 Å². The molecule has 1 heteroatoms. The molecular formula is C11H13N. The minimum absolute atomic E-state index is 0.853. The Balaban J connectivity index is 2.69. The zero-order chi connectivity index (χ0) is 8.81. The van der Waals surface area contributed by atoms with Crippen molar-refractivity contribution in [1.82, 2.24) is 0 Å². The second-order valence-electron chi connectivity index (χ2n) is 2.57. The van der Waals surface area contributed by atoms with Gasteiger partial charge in [-0.3, -0.25) is 0 Å². The molecule has 0 heterocycles. The van der Waals surface area contributed by atoms with E-state index < -0.39 is 0 Å². The van der Waals surface area contributed by atoms with Crippen LogP contribution in [0.15, 0.2) is 49.1 Å². The fraction of sp³-hybridized carbons (Fsp3) is 0.0909. The number of rotatable bonds is 3. The summed E-state index contributed by atoms with van der Waals surface area (Å²) in [7, 11) is 0. The molecule has 1 aromatic carbocycles. The molecule has 0 saturated heterocycles. The molecular weight excluding hydrogens is 146 g/mol. The zero-order valence-electron chi connectivity index (χ0n) is 7.03. The highest BCUT2D eigenvalue weighted by Gasteiger charge is 1.92. The summed E-state index contributed by atoms with van der Waals surface area (Å²) in [5.41, 5.74) is 7.76. The van der Waals surface area contributed by atoms with Gasteiger partial charge in [0.2, 0.25) is 0 Å². The van der Waals surface area contributed by atoms with Gasteiger partial charge in [0.1, 0.15) is 0 Å². The molecule has 0 aliphatic heterocycles. The van der Waals surface area contributed by atoms with E-state index in [4.69, 9.17) is 5.73 Å². The first-order valence-electron chi connectivity index (χ1n) is 3.95. The van der Waals surface area contributed by atoms with Crippen molar-refractivity contribution in [1.29, 1.82) is 0 Å². The first kappa shape index (κ1) is 8.60. The number of nitrogen functional groups attached to an aromatic ring is 1. The van der Waals surface area contributed by atoms with Crippen LogP contribution in [0.1, 0.15) is 5.56 Å². The van der Waals surface area contributed by atoms with Gasteiger partial charge in [0.15, 0.2) is 0 Å². The van der Waals surface area contributed by atoms with Crippen molar-refractivity contribution >= 4 is 5.69 Å². The van der Waals surface area contributed by atoms with Crippen LogP contribution in [0, 0.1) is 0 Å². The van der Waals surface area contributed by atoms with Crippen LogP contribution in [0.4, 0.5) is 5.69 Å². The minimum Gasteiger partial charge on any atom is -0.398 e. The van der Waals surface area contributed by atoms with E-state index in [2.05, 4.69) is 6.58 Å². The lowest BCUT2D eigenvalue weighted by molar-refractivity contribution is 1.27. The Kier molecular flexibility index (Phi) is 3.15. The lowest BCUT2D eigenvalue weighted by atomic mass is 10.1. The molecule has 12 heavy (non-hydrogen) atoms. The van der Waals surface area contributed by atoms with E-state index in [-0.39, 0.29) is 0 Å². The second-order valence-corrected chi connectivity index (χ2v) is 2.57. The summed E-state index contributed by atoms with van der Waals surface area (Å²) in [4.78, 5) is 0. The second kappa shape index (κ2) is 4.39. The van der Waals surface area contributed by atoms with Gasteiger partial charge in [-0.1, -0.05) is 43.0 Å². The summed E-state index contributed by atoms with van der Waals surface area (Å²) in [6, 6.07) is 7.88. The molecule has 0 atom stereocenters. The summed E-state index contributed by atoms with van der Waals surface area (Å²) in [5, 5.41) is 0. The van der Waals surface area contributed by atoms with E-state index in [0.29, 0.717) is 0 Å². The standard InChI is InChI=1S/C11H13N/c1-2-3-4-7-10-8-5-6-9-11(10)12/h2-6,8-9H,1,7,12H2. The first-order chi connectivity index (χ1) is 5.84. The summed E-state index contributed by atoms with van der Waals surface area (Å²) in [6.45, 7) is 3.60. The van der Waals surface area contributed by atoms with E-state index in [0.717, 1.165) is 17.7 Å². The largest absolute Gasteiger partial charge is 0.398 e. The average Bonchev–Trinajstić information content (AvgIpc) is 2.09. The Bertz CT molecular complexity index is 287. The van der Waals surface area contributed by atoms with Crippen LogP contribution in [0.25, 0.3) is 0 Å². The maximum absolute atomic E-state index is 5.74. The molecule has 1 aromatic rings. The number of hydrogen-bond acceptors (Lipinski definition) is 1. The van der Waals surface area contributed by atoms with Crippen LogP contribution in [0.3, 0.4) is 0 Å². The van der Waals surface area contributed by atoms with Crippen molar-refractivity contribution in [2.24, 2.45) is 0 Å². The normalized spacial score (nSPS) is 10.3. The number of benzene rings is 1. The van der Waals surface area contributed by atoms with Crippen molar-refractivity contribution < 1.29 is 0 Å². The van der Waals surface area contributed by atoms with Gasteiger partial charge in [0.05, 0.1) is 0 Å². The summed E-state index contributed by atoms with van der Waals surface area (Å²) >= 11 is 0. The van der Waals surface area contributed by atoms with Gasteiger partial charge in [0, 0.05) is 5.69 Å². The van der Waals surface area contributed by atoms with Crippen LogP contribution in [-0.4, -0.2) is 0 Å². The van der Waals surface area contributed by atoms with E-state index in [1.807, 2.05) is 36.4 Å². The first-order valence-corrected chi connectivity index (χ1v) is 3.95.